The van der Waals surface area contributed by atoms with E-state index < -0.39 is 11.3 Å². The molecule has 1 atom stereocenters. The Bertz CT molecular complexity index is 434. The zero-order valence-electron chi connectivity index (χ0n) is 8.04. The van der Waals surface area contributed by atoms with E-state index in [1.165, 1.54) is 12.1 Å². The van der Waals surface area contributed by atoms with Crippen LogP contribution >= 0.6 is 34.8 Å². The number of carbonyl (C=O) groups is 2. The van der Waals surface area contributed by atoms with E-state index in [0.29, 0.717) is 5.02 Å². The summed E-state index contributed by atoms with van der Waals surface area (Å²) in [6.07, 6.45) is -0.197. The summed E-state index contributed by atoms with van der Waals surface area (Å²) >= 11 is 17.1. The molecule has 0 aliphatic heterocycles. The van der Waals surface area contributed by atoms with E-state index in [9.17, 15) is 9.59 Å². The molecule has 3 nitrogen and oxygen atoms in total. The number of carbonyl (C=O) groups excluding carboxylic acids is 2. The summed E-state index contributed by atoms with van der Waals surface area (Å²) in [5, 5.41) is -0.386. The SMILES string of the molecule is NC(=O)C(Cl)CC(=O)c1cc(Cl)ccc1Cl. The van der Waals surface area contributed by atoms with E-state index in [1.54, 1.807) is 6.07 Å². The van der Waals surface area contributed by atoms with Crippen molar-refractivity contribution >= 4 is 46.5 Å². The van der Waals surface area contributed by atoms with Gasteiger partial charge in [-0.05, 0) is 18.2 Å². The van der Waals surface area contributed by atoms with E-state index in [1.807, 2.05) is 0 Å². The van der Waals surface area contributed by atoms with Gasteiger partial charge in [0.05, 0.1) is 5.02 Å². The molecule has 1 unspecified atom stereocenters. The van der Waals surface area contributed by atoms with Crippen LogP contribution < -0.4 is 5.73 Å². The average Bonchev–Trinajstić information content (AvgIpc) is 2.21. The van der Waals surface area contributed by atoms with E-state index >= 15 is 0 Å². The number of nitrogens with two attached hydrogens (primary N) is 1. The number of ketones is 1. The topological polar surface area (TPSA) is 60.2 Å². The predicted octanol–water partition coefficient (Wildman–Crippen LogP) is 2.66. The first-order valence-electron chi connectivity index (χ1n) is 4.33. The number of amides is 1. The monoisotopic (exact) mass is 279 g/mol. The first-order chi connectivity index (χ1) is 7.41. The Morgan fingerprint density at radius 1 is 1.31 bits per heavy atom. The van der Waals surface area contributed by atoms with Crippen molar-refractivity contribution in [3.63, 3.8) is 0 Å². The van der Waals surface area contributed by atoms with Gasteiger partial charge in [0.25, 0.3) is 0 Å². The lowest BCUT2D eigenvalue weighted by Gasteiger charge is -2.06. The van der Waals surface area contributed by atoms with Gasteiger partial charge in [-0.15, -0.1) is 11.6 Å². The lowest BCUT2D eigenvalue weighted by Crippen LogP contribution is -2.26. The van der Waals surface area contributed by atoms with Gasteiger partial charge < -0.3 is 5.73 Å². The summed E-state index contributed by atoms with van der Waals surface area (Å²) in [5.41, 5.74) is 5.19. The second-order valence-electron chi connectivity index (χ2n) is 3.12. The van der Waals surface area contributed by atoms with Crippen molar-refractivity contribution < 1.29 is 9.59 Å². The van der Waals surface area contributed by atoms with Crippen molar-refractivity contribution in [3.8, 4) is 0 Å². The molecule has 0 fully saturated rings. The second kappa shape index (κ2) is 5.53. The molecule has 0 saturated heterocycles. The van der Waals surface area contributed by atoms with Gasteiger partial charge in [-0.1, -0.05) is 23.2 Å². The molecule has 1 aromatic rings. The molecule has 16 heavy (non-hydrogen) atoms. The largest absolute Gasteiger partial charge is 0.368 e. The van der Waals surface area contributed by atoms with Crippen LogP contribution in [-0.2, 0) is 4.79 Å². The molecule has 0 bridgehead atoms. The van der Waals surface area contributed by atoms with Crippen molar-refractivity contribution in [2.45, 2.75) is 11.8 Å². The number of alkyl halides is 1. The van der Waals surface area contributed by atoms with Crippen LogP contribution in [0.25, 0.3) is 0 Å². The Labute approximate surface area is 107 Å². The summed E-state index contributed by atoms with van der Waals surface area (Å²) in [6, 6.07) is 4.49. The summed E-state index contributed by atoms with van der Waals surface area (Å²) in [7, 11) is 0. The zero-order valence-corrected chi connectivity index (χ0v) is 10.3. The molecule has 0 aliphatic carbocycles. The molecule has 1 aromatic carbocycles. The fraction of sp³-hybridized carbons (Fsp3) is 0.200. The van der Waals surface area contributed by atoms with E-state index in [4.69, 9.17) is 40.5 Å². The summed E-state index contributed by atoms with van der Waals surface area (Å²) in [4.78, 5) is 22.4. The minimum absolute atomic E-state index is 0.197. The van der Waals surface area contributed by atoms with E-state index in [-0.39, 0.29) is 22.8 Å². The molecule has 0 aromatic heterocycles. The minimum atomic E-state index is -1.04. The highest BCUT2D eigenvalue weighted by atomic mass is 35.5. The molecule has 0 aliphatic rings. The maximum Gasteiger partial charge on any atom is 0.235 e. The number of hydrogen-bond donors (Lipinski definition) is 1. The third kappa shape index (κ3) is 3.37. The van der Waals surface area contributed by atoms with Crippen LogP contribution in [0.15, 0.2) is 18.2 Å². The highest BCUT2D eigenvalue weighted by molar-refractivity contribution is 6.37. The van der Waals surface area contributed by atoms with Gasteiger partial charge in [0.1, 0.15) is 5.38 Å². The van der Waals surface area contributed by atoms with Crippen molar-refractivity contribution in [1.82, 2.24) is 0 Å². The Balaban J connectivity index is 2.88. The van der Waals surface area contributed by atoms with Crippen LogP contribution in [0.1, 0.15) is 16.8 Å². The molecule has 0 spiro atoms. The highest BCUT2D eigenvalue weighted by Gasteiger charge is 2.19. The Morgan fingerprint density at radius 2 is 1.94 bits per heavy atom. The Hall–Kier alpha value is -0.770. The number of rotatable bonds is 4. The lowest BCUT2D eigenvalue weighted by molar-refractivity contribution is -0.117. The van der Waals surface area contributed by atoms with Crippen LogP contribution in [0, 0.1) is 0 Å². The number of benzene rings is 1. The van der Waals surface area contributed by atoms with Gasteiger partial charge in [0.2, 0.25) is 5.91 Å². The number of halogens is 3. The lowest BCUT2D eigenvalue weighted by atomic mass is 10.1. The summed E-state index contributed by atoms with van der Waals surface area (Å²) in [6.45, 7) is 0. The first-order valence-corrected chi connectivity index (χ1v) is 5.52. The third-order valence-corrected chi connectivity index (χ3v) is 2.84. The van der Waals surface area contributed by atoms with Gasteiger partial charge in [0, 0.05) is 17.0 Å². The smallest absolute Gasteiger partial charge is 0.235 e. The quantitative estimate of drug-likeness (QED) is 0.681. The standard InChI is InChI=1S/C10H8Cl3NO2/c11-5-1-2-7(12)6(3-5)9(15)4-8(13)10(14)16/h1-3,8H,4H2,(H2,14,16). The fourth-order valence-corrected chi connectivity index (χ4v) is 1.62. The van der Waals surface area contributed by atoms with Gasteiger partial charge in [-0.2, -0.15) is 0 Å². The molecule has 2 N–H and O–H groups in total. The van der Waals surface area contributed by atoms with Crippen molar-refractivity contribution in [3.05, 3.63) is 33.8 Å². The number of Topliss-reactive ketones (excluding diaryl/α,β-unsaturated/α-hetero) is 1. The molecule has 86 valence electrons. The molecule has 1 rings (SSSR count). The fourth-order valence-electron chi connectivity index (χ4n) is 1.08. The van der Waals surface area contributed by atoms with E-state index in [2.05, 4.69) is 0 Å². The predicted molar refractivity (Wildman–Crippen MR) is 64.2 cm³/mol. The van der Waals surface area contributed by atoms with Crippen LogP contribution in [0.3, 0.4) is 0 Å². The van der Waals surface area contributed by atoms with Crippen LogP contribution in [0.5, 0.6) is 0 Å². The Morgan fingerprint density at radius 3 is 2.50 bits per heavy atom. The molecule has 6 heteroatoms. The maximum atomic E-state index is 11.7. The molecular formula is C10H8Cl3NO2. The average molecular weight is 281 g/mol. The molecular weight excluding hydrogens is 272 g/mol. The minimum Gasteiger partial charge on any atom is -0.368 e. The van der Waals surface area contributed by atoms with Crippen LogP contribution in [0.4, 0.5) is 0 Å². The van der Waals surface area contributed by atoms with Crippen molar-refractivity contribution in [1.29, 1.82) is 0 Å². The van der Waals surface area contributed by atoms with Crippen LogP contribution in [0.2, 0.25) is 10.0 Å². The third-order valence-electron chi connectivity index (χ3n) is 1.90. The second-order valence-corrected chi connectivity index (χ2v) is 4.49. The molecule has 0 heterocycles. The van der Waals surface area contributed by atoms with Crippen molar-refractivity contribution in [2.24, 2.45) is 5.73 Å². The Kier molecular flexibility index (Phi) is 4.59. The van der Waals surface area contributed by atoms with Gasteiger partial charge in [-0.25, -0.2) is 0 Å². The van der Waals surface area contributed by atoms with Gasteiger partial charge in [0.15, 0.2) is 5.78 Å². The first kappa shape index (κ1) is 13.3. The highest BCUT2D eigenvalue weighted by Crippen LogP contribution is 2.22. The summed E-state index contributed by atoms with van der Waals surface area (Å²) in [5.74, 6) is -1.11. The van der Waals surface area contributed by atoms with Gasteiger partial charge in [-0.3, -0.25) is 9.59 Å². The number of hydrogen-bond acceptors (Lipinski definition) is 2. The molecule has 0 radical (unpaired) electrons. The van der Waals surface area contributed by atoms with Crippen molar-refractivity contribution in [2.75, 3.05) is 0 Å². The van der Waals surface area contributed by atoms with Crippen LogP contribution in [-0.4, -0.2) is 17.1 Å². The van der Waals surface area contributed by atoms with Gasteiger partial charge >= 0.3 is 0 Å². The molecule has 0 saturated carbocycles. The molecule has 1 amide bonds. The van der Waals surface area contributed by atoms with E-state index in [0.717, 1.165) is 0 Å². The zero-order chi connectivity index (χ0) is 12.3. The maximum absolute atomic E-state index is 11.7. The summed E-state index contributed by atoms with van der Waals surface area (Å²) < 4.78 is 0. The number of primary amides is 1. The normalized spacial score (nSPS) is 12.2.